The summed E-state index contributed by atoms with van der Waals surface area (Å²) in [6.45, 7) is 9.69. The van der Waals surface area contributed by atoms with E-state index in [0.29, 0.717) is 25.3 Å². The number of hydrogen-bond donors (Lipinski definition) is 3. The van der Waals surface area contributed by atoms with Gasteiger partial charge in [-0.05, 0) is 46.0 Å². The third kappa shape index (κ3) is 9.01. The lowest BCUT2D eigenvalue weighted by Crippen LogP contribution is -2.52. The van der Waals surface area contributed by atoms with Crippen LogP contribution in [0.25, 0.3) is 0 Å². The fraction of sp³-hybridized carbons (Fsp3) is 0.895. The van der Waals surface area contributed by atoms with Crippen LogP contribution in [0.5, 0.6) is 0 Å². The number of alkyl halides is 3. The molecule has 0 heterocycles. The number of guanidine groups is 1. The molecule has 0 aromatic heterocycles. The molecule has 3 N–H and O–H groups in total. The quantitative estimate of drug-likeness (QED) is 0.478. The highest BCUT2D eigenvalue weighted by atomic mass is 19.4. The Morgan fingerprint density at radius 1 is 1.21 bits per heavy atom. The summed E-state index contributed by atoms with van der Waals surface area (Å²) in [4.78, 5) is 16.1. The van der Waals surface area contributed by atoms with Gasteiger partial charge in [-0.15, -0.1) is 0 Å². The van der Waals surface area contributed by atoms with Crippen LogP contribution in [0.15, 0.2) is 4.99 Å². The van der Waals surface area contributed by atoms with E-state index in [1.807, 2.05) is 13.8 Å². The van der Waals surface area contributed by atoms with Crippen molar-refractivity contribution in [2.24, 2.45) is 16.8 Å². The number of nitrogens with one attached hydrogen (secondary N) is 3. The molecule has 28 heavy (non-hydrogen) atoms. The normalized spacial score (nSPS) is 22.6. The van der Waals surface area contributed by atoms with Gasteiger partial charge in [-0.1, -0.05) is 20.3 Å². The first kappa shape index (κ1) is 24.4. The van der Waals surface area contributed by atoms with Crippen molar-refractivity contribution in [2.75, 3.05) is 13.6 Å². The lowest BCUT2D eigenvalue weighted by Gasteiger charge is -2.32. The van der Waals surface area contributed by atoms with E-state index in [1.165, 1.54) is 0 Å². The molecule has 0 aromatic rings. The first-order chi connectivity index (χ1) is 12.8. The first-order valence-corrected chi connectivity index (χ1v) is 9.85. The third-order valence-corrected chi connectivity index (χ3v) is 4.70. The van der Waals surface area contributed by atoms with Gasteiger partial charge in [-0.3, -0.25) is 4.99 Å². The van der Waals surface area contributed by atoms with Crippen LogP contribution in [0.1, 0.15) is 60.3 Å². The van der Waals surface area contributed by atoms with Crippen LogP contribution in [0.3, 0.4) is 0 Å². The van der Waals surface area contributed by atoms with E-state index in [2.05, 4.69) is 20.9 Å². The lowest BCUT2D eigenvalue weighted by atomic mass is 9.85. The van der Waals surface area contributed by atoms with Crippen LogP contribution in [0.2, 0.25) is 0 Å². The maximum Gasteiger partial charge on any atom is 0.407 e. The van der Waals surface area contributed by atoms with E-state index in [1.54, 1.807) is 27.8 Å². The van der Waals surface area contributed by atoms with E-state index < -0.39 is 23.8 Å². The SMILES string of the molecule is CN=C(NCC(NC(=O)OC(C)(C)C)C(C)C)NC1CCCC(C(F)(F)F)C1. The Kier molecular flexibility index (Phi) is 8.88. The molecule has 1 saturated carbocycles. The maximum atomic E-state index is 13.0. The average Bonchev–Trinajstić information content (AvgIpc) is 2.54. The number of carbonyl (C=O) groups excluding carboxylic acids is 1. The first-order valence-electron chi connectivity index (χ1n) is 9.85. The zero-order valence-corrected chi connectivity index (χ0v) is 17.7. The summed E-state index contributed by atoms with van der Waals surface area (Å²) in [5.74, 6) is -0.707. The predicted molar refractivity (Wildman–Crippen MR) is 104 cm³/mol. The van der Waals surface area contributed by atoms with Gasteiger partial charge in [0.1, 0.15) is 5.60 Å². The Labute approximate surface area is 166 Å². The standard InChI is InChI=1S/C19H35F3N4O2/c1-12(2)15(26-17(27)28-18(3,4)5)11-24-16(23-6)25-14-9-7-8-13(10-14)19(20,21)22/h12-15H,7-11H2,1-6H3,(H,26,27)(H2,23,24,25). The number of aliphatic imine (C=N–C) groups is 1. The Morgan fingerprint density at radius 2 is 1.86 bits per heavy atom. The predicted octanol–water partition coefficient (Wildman–Crippen LogP) is 3.82. The van der Waals surface area contributed by atoms with Crippen molar-refractivity contribution in [1.82, 2.24) is 16.0 Å². The molecule has 1 aliphatic rings. The highest BCUT2D eigenvalue weighted by Gasteiger charge is 2.42. The van der Waals surface area contributed by atoms with Gasteiger partial charge < -0.3 is 20.7 Å². The number of nitrogens with zero attached hydrogens (tertiary/aromatic N) is 1. The van der Waals surface area contributed by atoms with Crippen LogP contribution < -0.4 is 16.0 Å². The smallest absolute Gasteiger partial charge is 0.407 e. The molecule has 1 aliphatic carbocycles. The summed E-state index contributed by atoms with van der Waals surface area (Å²) >= 11 is 0. The number of halogens is 3. The van der Waals surface area contributed by atoms with Crippen LogP contribution >= 0.6 is 0 Å². The Morgan fingerprint density at radius 3 is 2.36 bits per heavy atom. The fourth-order valence-electron chi connectivity index (χ4n) is 3.13. The third-order valence-electron chi connectivity index (χ3n) is 4.70. The Bertz CT molecular complexity index is 530. The summed E-state index contributed by atoms with van der Waals surface area (Å²) in [7, 11) is 1.57. The average molecular weight is 409 g/mol. The molecule has 9 heteroatoms. The van der Waals surface area contributed by atoms with Gasteiger partial charge in [0.25, 0.3) is 0 Å². The van der Waals surface area contributed by atoms with Crippen LogP contribution in [0, 0.1) is 11.8 Å². The summed E-state index contributed by atoms with van der Waals surface area (Å²) in [6, 6.07) is -0.495. The van der Waals surface area contributed by atoms with Gasteiger partial charge in [0.2, 0.25) is 0 Å². The van der Waals surface area contributed by atoms with Gasteiger partial charge in [0.15, 0.2) is 5.96 Å². The van der Waals surface area contributed by atoms with Crippen LogP contribution in [0.4, 0.5) is 18.0 Å². The van der Waals surface area contributed by atoms with Gasteiger partial charge in [-0.2, -0.15) is 13.2 Å². The zero-order valence-electron chi connectivity index (χ0n) is 17.7. The van der Waals surface area contributed by atoms with Gasteiger partial charge in [0, 0.05) is 19.6 Å². The summed E-state index contributed by atoms with van der Waals surface area (Å²) in [5.41, 5.74) is -0.591. The van der Waals surface area contributed by atoms with Crippen LogP contribution in [-0.2, 0) is 4.74 Å². The summed E-state index contributed by atoms with van der Waals surface area (Å²) in [5, 5.41) is 9.02. The molecular weight excluding hydrogens is 373 g/mol. The van der Waals surface area contributed by atoms with Gasteiger partial charge in [0.05, 0.1) is 12.0 Å². The van der Waals surface area contributed by atoms with Gasteiger partial charge in [-0.25, -0.2) is 4.79 Å². The molecule has 0 aromatic carbocycles. The van der Waals surface area contributed by atoms with Crippen molar-refractivity contribution in [3.63, 3.8) is 0 Å². The molecule has 0 saturated heterocycles. The molecule has 3 atom stereocenters. The molecule has 164 valence electrons. The fourth-order valence-corrected chi connectivity index (χ4v) is 3.13. The second-order valence-corrected chi connectivity index (χ2v) is 8.70. The Hall–Kier alpha value is -1.67. The number of alkyl carbamates (subject to hydrolysis) is 1. The van der Waals surface area contributed by atoms with Gasteiger partial charge >= 0.3 is 12.3 Å². The van der Waals surface area contributed by atoms with Crippen molar-refractivity contribution in [2.45, 2.75) is 84.2 Å². The van der Waals surface area contributed by atoms with Crippen molar-refractivity contribution < 1.29 is 22.7 Å². The number of ether oxygens (including phenoxy) is 1. The molecule has 0 radical (unpaired) electrons. The number of amides is 1. The molecule has 1 rings (SSSR count). The van der Waals surface area contributed by atoms with E-state index >= 15 is 0 Å². The van der Waals surface area contributed by atoms with Crippen molar-refractivity contribution in [1.29, 1.82) is 0 Å². The van der Waals surface area contributed by atoms with Crippen molar-refractivity contribution in [3.05, 3.63) is 0 Å². The highest BCUT2D eigenvalue weighted by Crippen LogP contribution is 2.37. The van der Waals surface area contributed by atoms with E-state index in [0.717, 1.165) is 0 Å². The summed E-state index contributed by atoms with van der Waals surface area (Å²) < 4.78 is 44.3. The molecule has 3 unspecified atom stereocenters. The zero-order chi connectivity index (χ0) is 21.5. The molecule has 1 amide bonds. The molecule has 6 nitrogen and oxygen atoms in total. The molecule has 0 spiro atoms. The van der Waals surface area contributed by atoms with E-state index in [4.69, 9.17) is 4.74 Å². The highest BCUT2D eigenvalue weighted by molar-refractivity contribution is 5.80. The van der Waals surface area contributed by atoms with E-state index in [-0.39, 0.29) is 30.8 Å². The van der Waals surface area contributed by atoms with Crippen molar-refractivity contribution >= 4 is 12.1 Å². The topological polar surface area (TPSA) is 74.8 Å². The molecular formula is C19H35F3N4O2. The monoisotopic (exact) mass is 408 g/mol. The second kappa shape index (κ2) is 10.2. The molecule has 0 aliphatic heterocycles. The van der Waals surface area contributed by atoms with E-state index in [9.17, 15) is 18.0 Å². The second-order valence-electron chi connectivity index (χ2n) is 8.70. The number of rotatable bonds is 5. The minimum atomic E-state index is -4.16. The number of hydrogen-bond acceptors (Lipinski definition) is 3. The minimum absolute atomic E-state index is 0.0496. The summed E-state index contributed by atoms with van der Waals surface area (Å²) in [6.07, 6.45) is -3.21. The molecule has 0 bridgehead atoms. The largest absolute Gasteiger partial charge is 0.444 e. The molecule has 1 fully saturated rings. The van der Waals surface area contributed by atoms with Crippen molar-refractivity contribution in [3.8, 4) is 0 Å². The maximum absolute atomic E-state index is 13.0. The Balaban J connectivity index is 2.57. The van der Waals surface area contributed by atoms with Crippen LogP contribution in [-0.4, -0.2) is 49.5 Å². The minimum Gasteiger partial charge on any atom is -0.444 e. The number of carbonyl (C=O) groups is 1. The lowest BCUT2D eigenvalue weighted by molar-refractivity contribution is -0.183.